The van der Waals surface area contributed by atoms with Gasteiger partial charge < -0.3 is 15.6 Å². The predicted molar refractivity (Wildman–Crippen MR) is 109 cm³/mol. The lowest BCUT2D eigenvalue weighted by Gasteiger charge is -2.09. The predicted octanol–water partition coefficient (Wildman–Crippen LogP) is 2.83. The van der Waals surface area contributed by atoms with E-state index in [-0.39, 0.29) is 22.7 Å². The molecule has 1 heterocycles. The van der Waals surface area contributed by atoms with Gasteiger partial charge in [-0.3, -0.25) is 19.7 Å². The van der Waals surface area contributed by atoms with Gasteiger partial charge >= 0.3 is 0 Å². The minimum Gasteiger partial charge on any atom is -0.379 e. The van der Waals surface area contributed by atoms with Gasteiger partial charge in [-0.2, -0.15) is 0 Å². The minimum atomic E-state index is -0.552. The summed E-state index contributed by atoms with van der Waals surface area (Å²) in [5, 5.41) is 17.2. The Morgan fingerprint density at radius 2 is 1.96 bits per heavy atom. The number of hydrogen-bond donors (Lipinski definition) is 3. The van der Waals surface area contributed by atoms with Crippen LogP contribution in [0, 0.1) is 10.1 Å². The largest absolute Gasteiger partial charge is 0.379 e. The van der Waals surface area contributed by atoms with Crippen molar-refractivity contribution in [2.24, 2.45) is 0 Å². The summed E-state index contributed by atoms with van der Waals surface area (Å²) in [5.74, 6) is -0.187. The molecular formula is C18H16BrN5O4. The summed E-state index contributed by atoms with van der Waals surface area (Å²) in [6, 6.07) is 9.68. The van der Waals surface area contributed by atoms with Crippen LogP contribution < -0.4 is 16.2 Å². The fraction of sp³-hybridized carbons (Fsp3) is 0.167. The molecule has 0 aliphatic carbocycles. The number of amides is 1. The number of benzene rings is 2. The number of halogens is 1. The van der Waals surface area contributed by atoms with Crippen molar-refractivity contribution in [3.8, 4) is 0 Å². The van der Waals surface area contributed by atoms with E-state index in [9.17, 15) is 19.7 Å². The highest BCUT2D eigenvalue weighted by atomic mass is 79.9. The normalized spacial score (nSPS) is 10.6. The maximum absolute atomic E-state index is 12.0. The number of hydrogen-bond acceptors (Lipinski definition) is 6. The summed E-state index contributed by atoms with van der Waals surface area (Å²) in [6.45, 7) is 0.803. The van der Waals surface area contributed by atoms with E-state index in [0.717, 1.165) is 4.47 Å². The SMILES string of the molecule is O=C(NCCCNc1cc2nc[nH]c(=O)c2cc1[N+](=O)[O-])c1ccc(Br)cc1. The summed E-state index contributed by atoms with van der Waals surface area (Å²) in [5.41, 5.74) is 0.549. The number of anilines is 1. The van der Waals surface area contributed by atoms with Gasteiger partial charge in [0, 0.05) is 29.2 Å². The second-order valence-corrected chi connectivity index (χ2v) is 6.83. The summed E-state index contributed by atoms with van der Waals surface area (Å²) in [4.78, 5) is 41.0. The number of nitrogens with zero attached hydrogens (tertiary/aromatic N) is 2. The molecule has 0 unspecified atom stereocenters. The van der Waals surface area contributed by atoms with Crippen LogP contribution in [-0.4, -0.2) is 33.9 Å². The van der Waals surface area contributed by atoms with Crippen molar-refractivity contribution in [2.75, 3.05) is 18.4 Å². The molecule has 10 heteroatoms. The van der Waals surface area contributed by atoms with E-state index in [1.165, 1.54) is 18.5 Å². The Kier molecular flexibility index (Phi) is 5.99. The van der Waals surface area contributed by atoms with Gasteiger partial charge in [0.2, 0.25) is 0 Å². The number of carbonyl (C=O) groups is 1. The van der Waals surface area contributed by atoms with Crippen LogP contribution in [-0.2, 0) is 0 Å². The van der Waals surface area contributed by atoms with E-state index in [4.69, 9.17) is 0 Å². The van der Waals surface area contributed by atoms with Crippen molar-refractivity contribution in [1.29, 1.82) is 0 Å². The topological polar surface area (TPSA) is 130 Å². The average molecular weight is 446 g/mol. The van der Waals surface area contributed by atoms with Crippen molar-refractivity contribution in [2.45, 2.75) is 6.42 Å². The number of fused-ring (bicyclic) bond motifs is 1. The van der Waals surface area contributed by atoms with Gasteiger partial charge in [-0.15, -0.1) is 0 Å². The molecule has 0 saturated carbocycles. The van der Waals surface area contributed by atoms with Crippen molar-refractivity contribution < 1.29 is 9.72 Å². The number of aromatic nitrogens is 2. The third-order valence-corrected chi connectivity index (χ3v) is 4.54. The Balaban J connectivity index is 1.60. The van der Waals surface area contributed by atoms with Crippen LogP contribution in [0.5, 0.6) is 0 Å². The molecule has 3 N–H and O–H groups in total. The van der Waals surface area contributed by atoms with Crippen LogP contribution in [0.15, 0.2) is 52.0 Å². The Morgan fingerprint density at radius 1 is 1.21 bits per heavy atom. The third kappa shape index (κ3) is 4.52. The lowest BCUT2D eigenvalue weighted by Crippen LogP contribution is -2.25. The molecule has 0 aliphatic heterocycles. The molecule has 0 radical (unpaired) electrons. The summed E-state index contributed by atoms with van der Waals surface area (Å²) < 4.78 is 0.890. The van der Waals surface area contributed by atoms with Gasteiger partial charge in [0.05, 0.1) is 22.2 Å². The molecule has 3 aromatic rings. The van der Waals surface area contributed by atoms with Gasteiger partial charge in [0.1, 0.15) is 5.69 Å². The van der Waals surface area contributed by atoms with Crippen LogP contribution in [0.2, 0.25) is 0 Å². The Hall–Kier alpha value is -3.27. The molecule has 0 atom stereocenters. The third-order valence-electron chi connectivity index (χ3n) is 4.02. The lowest BCUT2D eigenvalue weighted by atomic mass is 10.2. The molecule has 0 spiro atoms. The van der Waals surface area contributed by atoms with Gasteiger partial charge in [-0.05, 0) is 36.8 Å². The second-order valence-electron chi connectivity index (χ2n) is 5.92. The monoisotopic (exact) mass is 445 g/mol. The molecule has 1 aromatic heterocycles. The average Bonchev–Trinajstić information content (AvgIpc) is 2.67. The van der Waals surface area contributed by atoms with E-state index in [2.05, 4.69) is 36.5 Å². The molecule has 28 heavy (non-hydrogen) atoms. The first-order chi connectivity index (χ1) is 13.5. The van der Waals surface area contributed by atoms with Gasteiger partial charge in [-0.25, -0.2) is 4.98 Å². The Bertz CT molecular complexity index is 1080. The standard InChI is InChI=1S/C18H16BrN5O4/c19-12-4-2-11(3-5-12)17(25)21-7-1-6-20-15-9-14-13(8-16(15)24(27)28)18(26)23-10-22-14/h2-5,8-10,20H,1,6-7H2,(H,21,25)(H,22,23,26). The number of nitrogens with one attached hydrogen (secondary N) is 3. The smallest absolute Gasteiger partial charge is 0.293 e. The van der Waals surface area contributed by atoms with E-state index < -0.39 is 10.5 Å². The van der Waals surface area contributed by atoms with E-state index >= 15 is 0 Å². The Labute approximate surface area is 167 Å². The quantitative estimate of drug-likeness (QED) is 0.291. The van der Waals surface area contributed by atoms with Gasteiger partial charge in [-0.1, -0.05) is 15.9 Å². The van der Waals surface area contributed by atoms with E-state index in [0.29, 0.717) is 30.6 Å². The maximum Gasteiger partial charge on any atom is 0.293 e. The van der Waals surface area contributed by atoms with Gasteiger partial charge in [0.25, 0.3) is 17.2 Å². The fourth-order valence-corrected chi connectivity index (χ4v) is 2.88. The highest BCUT2D eigenvalue weighted by Gasteiger charge is 2.16. The number of nitro groups is 1. The molecule has 1 amide bonds. The van der Waals surface area contributed by atoms with Crippen molar-refractivity contribution >= 4 is 44.1 Å². The minimum absolute atomic E-state index is 0.154. The molecule has 2 aromatic carbocycles. The van der Waals surface area contributed by atoms with Crippen LogP contribution in [0.1, 0.15) is 16.8 Å². The summed E-state index contributed by atoms with van der Waals surface area (Å²) >= 11 is 3.31. The van der Waals surface area contributed by atoms with Crippen LogP contribution in [0.25, 0.3) is 10.9 Å². The second kappa shape index (κ2) is 8.61. The van der Waals surface area contributed by atoms with Crippen molar-refractivity contribution in [3.05, 3.63) is 73.2 Å². The first-order valence-corrected chi connectivity index (χ1v) is 9.18. The van der Waals surface area contributed by atoms with Crippen LogP contribution in [0.4, 0.5) is 11.4 Å². The lowest BCUT2D eigenvalue weighted by molar-refractivity contribution is -0.383. The summed E-state index contributed by atoms with van der Waals surface area (Å²) in [7, 11) is 0. The maximum atomic E-state index is 12.0. The van der Waals surface area contributed by atoms with Crippen LogP contribution >= 0.6 is 15.9 Å². The van der Waals surface area contributed by atoms with E-state index in [1.54, 1.807) is 24.3 Å². The number of aromatic amines is 1. The molecular weight excluding hydrogens is 430 g/mol. The highest BCUT2D eigenvalue weighted by Crippen LogP contribution is 2.27. The zero-order chi connectivity index (χ0) is 20.1. The molecule has 0 bridgehead atoms. The first kappa shape index (κ1) is 19.5. The highest BCUT2D eigenvalue weighted by molar-refractivity contribution is 9.10. The number of H-pyrrole nitrogens is 1. The van der Waals surface area contributed by atoms with Crippen LogP contribution in [0.3, 0.4) is 0 Å². The number of rotatable bonds is 7. The molecule has 0 saturated heterocycles. The zero-order valence-electron chi connectivity index (χ0n) is 14.6. The first-order valence-electron chi connectivity index (χ1n) is 8.39. The number of nitro benzene ring substituents is 1. The Morgan fingerprint density at radius 3 is 2.68 bits per heavy atom. The molecule has 0 aliphatic rings. The van der Waals surface area contributed by atoms with Crippen molar-refractivity contribution in [3.63, 3.8) is 0 Å². The number of carbonyl (C=O) groups excluding carboxylic acids is 1. The zero-order valence-corrected chi connectivity index (χ0v) is 16.2. The molecule has 9 nitrogen and oxygen atoms in total. The molecule has 3 rings (SSSR count). The van der Waals surface area contributed by atoms with Crippen molar-refractivity contribution in [1.82, 2.24) is 15.3 Å². The van der Waals surface area contributed by atoms with E-state index in [1.807, 2.05) is 0 Å². The van der Waals surface area contributed by atoms with Gasteiger partial charge in [0.15, 0.2) is 0 Å². The molecule has 144 valence electrons. The summed E-state index contributed by atoms with van der Waals surface area (Å²) in [6.07, 6.45) is 1.80. The fourth-order valence-electron chi connectivity index (χ4n) is 2.61. The molecule has 0 fully saturated rings.